The Balaban J connectivity index is 2.33. The quantitative estimate of drug-likeness (QED) is 0.816. The molecular formula is C14H13BrN2O2. The van der Waals surface area contributed by atoms with Crippen LogP contribution in [0.5, 0.6) is 0 Å². The molecule has 0 N–H and O–H groups in total. The van der Waals surface area contributed by atoms with Crippen molar-refractivity contribution in [3.05, 3.63) is 62.2 Å². The lowest BCUT2D eigenvalue weighted by molar-refractivity contribution is 0.0969. The number of carbonyl (C=O) groups is 1. The van der Waals surface area contributed by atoms with Gasteiger partial charge in [0.25, 0.3) is 5.56 Å². The number of Topliss-reactive ketones (excluding diaryl/α,β-unsaturated/α-hetero) is 1. The molecule has 1 aromatic carbocycles. The first-order chi connectivity index (χ1) is 8.99. The first-order valence-electron chi connectivity index (χ1n) is 5.79. The minimum Gasteiger partial charge on any atom is -0.292 e. The number of hydrogen-bond acceptors (Lipinski definition) is 3. The van der Waals surface area contributed by atoms with Gasteiger partial charge in [-0.05, 0) is 41.4 Å². The lowest BCUT2D eigenvalue weighted by Crippen LogP contribution is -2.25. The zero-order valence-electron chi connectivity index (χ0n) is 10.7. The van der Waals surface area contributed by atoms with Gasteiger partial charge in [-0.1, -0.05) is 17.7 Å². The van der Waals surface area contributed by atoms with Gasteiger partial charge in [-0.3, -0.25) is 14.2 Å². The molecule has 0 aliphatic rings. The van der Waals surface area contributed by atoms with E-state index >= 15 is 0 Å². The summed E-state index contributed by atoms with van der Waals surface area (Å²) in [5.74, 6) is -0.0943. The molecule has 1 aromatic heterocycles. The fourth-order valence-electron chi connectivity index (χ4n) is 1.81. The van der Waals surface area contributed by atoms with E-state index < -0.39 is 0 Å². The minimum absolute atomic E-state index is 0.00440. The fraction of sp³-hybridized carbons (Fsp3) is 0.214. The van der Waals surface area contributed by atoms with Gasteiger partial charge < -0.3 is 0 Å². The van der Waals surface area contributed by atoms with E-state index in [2.05, 4.69) is 20.9 Å². The molecule has 0 fully saturated rings. The molecule has 0 aliphatic carbocycles. The third-order valence-corrected chi connectivity index (χ3v) is 3.41. The summed E-state index contributed by atoms with van der Waals surface area (Å²) in [6, 6.07) is 5.71. The van der Waals surface area contributed by atoms with Crippen LogP contribution in [0.2, 0.25) is 0 Å². The van der Waals surface area contributed by atoms with Crippen LogP contribution >= 0.6 is 15.9 Å². The van der Waals surface area contributed by atoms with Crippen molar-refractivity contribution >= 4 is 21.7 Å². The lowest BCUT2D eigenvalue weighted by Gasteiger charge is -2.08. The van der Waals surface area contributed by atoms with E-state index in [1.54, 1.807) is 0 Å². The molecule has 0 radical (unpaired) electrons. The van der Waals surface area contributed by atoms with Crippen molar-refractivity contribution in [2.75, 3.05) is 0 Å². The highest BCUT2D eigenvalue weighted by molar-refractivity contribution is 9.10. The molecule has 2 rings (SSSR count). The van der Waals surface area contributed by atoms with Crippen molar-refractivity contribution in [2.24, 2.45) is 0 Å². The van der Waals surface area contributed by atoms with Gasteiger partial charge in [-0.2, -0.15) is 0 Å². The van der Waals surface area contributed by atoms with Gasteiger partial charge in [-0.25, -0.2) is 4.98 Å². The van der Waals surface area contributed by atoms with Crippen LogP contribution in [0.15, 0.2) is 40.0 Å². The van der Waals surface area contributed by atoms with Gasteiger partial charge in [0, 0.05) is 11.8 Å². The number of rotatable bonds is 3. The summed E-state index contributed by atoms with van der Waals surface area (Å²) in [5, 5.41) is 0. The fourth-order valence-corrected chi connectivity index (χ4v) is 2.16. The topological polar surface area (TPSA) is 52.0 Å². The second-order valence-electron chi connectivity index (χ2n) is 4.42. The van der Waals surface area contributed by atoms with E-state index in [9.17, 15) is 9.59 Å². The second kappa shape index (κ2) is 5.48. The first kappa shape index (κ1) is 13.7. The molecule has 1 heterocycles. The molecule has 0 aliphatic heterocycles. The molecule has 0 bridgehead atoms. The van der Waals surface area contributed by atoms with Crippen LogP contribution in [0.1, 0.15) is 21.5 Å². The molecule has 0 saturated carbocycles. The summed E-state index contributed by atoms with van der Waals surface area (Å²) in [7, 11) is 0. The molecular weight excluding hydrogens is 308 g/mol. The maximum Gasteiger partial charge on any atom is 0.268 e. The summed E-state index contributed by atoms with van der Waals surface area (Å²) in [5.41, 5.74) is 2.32. The molecule has 0 amide bonds. The van der Waals surface area contributed by atoms with E-state index in [-0.39, 0.29) is 17.9 Å². The van der Waals surface area contributed by atoms with E-state index in [0.717, 1.165) is 11.1 Å². The number of aryl methyl sites for hydroxylation is 2. The Morgan fingerprint density at radius 2 is 2.11 bits per heavy atom. The molecule has 0 unspecified atom stereocenters. The van der Waals surface area contributed by atoms with Crippen LogP contribution in [0.25, 0.3) is 0 Å². The van der Waals surface area contributed by atoms with Crippen molar-refractivity contribution in [3.63, 3.8) is 0 Å². The maximum atomic E-state index is 12.2. The van der Waals surface area contributed by atoms with Gasteiger partial charge in [0.1, 0.15) is 4.47 Å². The number of ketones is 1. The van der Waals surface area contributed by atoms with Gasteiger partial charge in [-0.15, -0.1) is 0 Å². The largest absolute Gasteiger partial charge is 0.292 e. The zero-order chi connectivity index (χ0) is 14.0. The van der Waals surface area contributed by atoms with Crippen molar-refractivity contribution in [1.29, 1.82) is 0 Å². The molecule has 0 saturated heterocycles. The van der Waals surface area contributed by atoms with E-state index in [1.165, 1.54) is 17.1 Å². The molecule has 0 spiro atoms. The van der Waals surface area contributed by atoms with Crippen LogP contribution in [0, 0.1) is 13.8 Å². The molecule has 98 valence electrons. The highest BCUT2D eigenvalue weighted by atomic mass is 79.9. The lowest BCUT2D eigenvalue weighted by atomic mass is 10.0. The van der Waals surface area contributed by atoms with Crippen LogP contribution in [0.3, 0.4) is 0 Å². The summed E-state index contributed by atoms with van der Waals surface area (Å²) in [4.78, 5) is 28.0. The highest BCUT2D eigenvalue weighted by Crippen LogP contribution is 2.12. The highest BCUT2D eigenvalue weighted by Gasteiger charge is 2.11. The number of nitrogens with zero attached hydrogens (tertiary/aromatic N) is 2. The molecule has 5 heteroatoms. The minimum atomic E-state index is -0.256. The van der Waals surface area contributed by atoms with Crippen molar-refractivity contribution < 1.29 is 4.79 Å². The van der Waals surface area contributed by atoms with Gasteiger partial charge in [0.15, 0.2) is 5.78 Å². The van der Waals surface area contributed by atoms with Crippen LogP contribution in [-0.4, -0.2) is 15.3 Å². The third kappa shape index (κ3) is 2.98. The van der Waals surface area contributed by atoms with Gasteiger partial charge in [0.2, 0.25) is 0 Å². The number of hydrogen-bond donors (Lipinski definition) is 0. The summed E-state index contributed by atoms with van der Waals surface area (Å²) in [6.45, 7) is 3.81. The molecule has 2 aromatic rings. The molecule has 4 nitrogen and oxygen atoms in total. The Morgan fingerprint density at radius 3 is 2.84 bits per heavy atom. The predicted molar refractivity (Wildman–Crippen MR) is 76.4 cm³/mol. The van der Waals surface area contributed by atoms with Crippen LogP contribution < -0.4 is 5.56 Å². The van der Waals surface area contributed by atoms with Crippen molar-refractivity contribution in [1.82, 2.24) is 9.55 Å². The summed E-state index contributed by atoms with van der Waals surface area (Å²) in [6.07, 6.45) is 2.79. The Hall–Kier alpha value is -1.75. The van der Waals surface area contributed by atoms with E-state index in [1.807, 2.05) is 32.0 Å². The third-order valence-electron chi connectivity index (χ3n) is 2.87. The number of carbonyl (C=O) groups excluding carboxylic acids is 1. The predicted octanol–water partition coefficient (Wildman–Crippen LogP) is 2.51. The van der Waals surface area contributed by atoms with Crippen LogP contribution in [-0.2, 0) is 6.54 Å². The van der Waals surface area contributed by atoms with Gasteiger partial charge >= 0.3 is 0 Å². The standard InChI is InChI=1S/C14H13BrN2O2/c1-9-3-4-10(2)11(5-9)13(18)7-17-8-16-6-12(15)14(17)19/h3-6,8H,7H2,1-2H3. The number of halogens is 1. The van der Waals surface area contributed by atoms with Crippen LogP contribution in [0.4, 0.5) is 0 Å². The van der Waals surface area contributed by atoms with Crippen molar-refractivity contribution in [3.8, 4) is 0 Å². The number of benzene rings is 1. The SMILES string of the molecule is Cc1ccc(C)c(C(=O)Cn2cncc(Br)c2=O)c1. The average molecular weight is 321 g/mol. The Morgan fingerprint density at radius 1 is 1.37 bits per heavy atom. The van der Waals surface area contributed by atoms with E-state index in [0.29, 0.717) is 10.0 Å². The Bertz CT molecular complexity index is 692. The Kier molecular flexibility index (Phi) is 3.95. The number of aromatic nitrogens is 2. The van der Waals surface area contributed by atoms with E-state index in [4.69, 9.17) is 0 Å². The van der Waals surface area contributed by atoms with Crippen molar-refractivity contribution in [2.45, 2.75) is 20.4 Å². The zero-order valence-corrected chi connectivity index (χ0v) is 12.3. The average Bonchev–Trinajstić information content (AvgIpc) is 2.38. The maximum absolute atomic E-state index is 12.2. The molecule has 0 atom stereocenters. The monoisotopic (exact) mass is 320 g/mol. The second-order valence-corrected chi connectivity index (χ2v) is 5.27. The summed E-state index contributed by atoms with van der Waals surface area (Å²) >= 11 is 3.11. The molecule has 19 heavy (non-hydrogen) atoms. The first-order valence-corrected chi connectivity index (χ1v) is 6.58. The van der Waals surface area contributed by atoms with Gasteiger partial charge in [0.05, 0.1) is 12.9 Å². The Labute approximate surface area is 119 Å². The summed E-state index contributed by atoms with van der Waals surface area (Å²) < 4.78 is 1.65. The normalized spacial score (nSPS) is 10.5. The smallest absolute Gasteiger partial charge is 0.268 e.